The van der Waals surface area contributed by atoms with E-state index < -0.39 is 23.3 Å². The molecular weight excluding hydrogens is 508 g/mol. The molecule has 5 rings (SSSR count). The van der Waals surface area contributed by atoms with Gasteiger partial charge < -0.3 is 24.8 Å². The third kappa shape index (κ3) is 5.59. The van der Waals surface area contributed by atoms with E-state index in [2.05, 4.69) is 10.4 Å². The summed E-state index contributed by atoms with van der Waals surface area (Å²) in [5.74, 6) is -0.347. The van der Waals surface area contributed by atoms with Gasteiger partial charge in [-0.2, -0.15) is 5.10 Å². The van der Waals surface area contributed by atoms with Crippen molar-refractivity contribution in [3.8, 4) is 0 Å². The highest BCUT2D eigenvalue weighted by atomic mass is 19.1. The normalized spacial score (nSPS) is 20.0. The monoisotopic (exact) mass is 541 g/mol. The van der Waals surface area contributed by atoms with Gasteiger partial charge in [0.05, 0.1) is 12.2 Å². The van der Waals surface area contributed by atoms with Gasteiger partial charge in [-0.05, 0) is 64.8 Å². The molecule has 4 heterocycles. The molecule has 0 saturated carbocycles. The minimum atomic E-state index is -0.596. The number of urea groups is 1. The number of aromatic nitrogens is 3. The van der Waals surface area contributed by atoms with Crippen LogP contribution in [0.15, 0.2) is 36.7 Å². The Labute approximate surface area is 225 Å². The SMILES string of the molecule is C[C@H]1CN(C(=O)Nc2cnn3ccc(N4CCC[C@@H]4c4cc(F)ccc4F)nc23)CCN1C(=O)OC(C)(C)C. The summed E-state index contributed by atoms with van der Waals surface area (Å²) in [4.78, 5) is 35.6. The van der Waals surface area contributed by atoms with E-state index in [1.165, 1.54) is 12.3 Å². The number of nitrogens with zero attached hydrogens (tertiary/aromatic N) is 6. The Kier molecular flexibility index (Phi) is 7.04. The van der Waals surface area contributed by atoms with E-state index in [-0.39, 0.29) is 18.1 Å². The van der Waals surface area contributed by atoms with Gasteiger partial charge in [-0.1, -0.05) is 0 Å². The first-order chi connectivity index (χ1) is 18.5. The van der Waals surface area contributed by atoms with E-state index >= 15 is 0 Å². The van der Waals surface area contributed by atoms with Gasteiger partial charge >= 0.3 is 12.1 Å². The molecule has 1 N–H and O–H groups in total. The third-order valence-electron chi connectivity index (χ3n) is 7.00. The molecule has 10 nitrogen and oxygen atoms in total. The molecule has 2 aliphatic rings. The highest BCUT2D eigenvalue weighted by Crippen LogP contribution is 2.37. The van der Waals surface area contributed by atoms with Crippen molar-refractivity contribution in [1.82, 2.24) is 24.4 Å². The van der Waals surface area contributed by atoms with Crippen LogP contribution in [0.25, 0.3) is 5.65 Å². The Morgan fingerprint density at radius 2 is 1.92 bits per heavy atom. The average molecular weight is 542 g/mol. The van der Waals surface area contributed by atoms with Crippen LogP contribution in [0.3, 0.4) is 0 Å². The maximum Gasteiger partial charge on any atom is 0.410 e. The number of halogens is 2. The summed E-state index contributed by atoms with van der Waals surface area (Å²) >= 11 is 0. The molecule has 0 radical (unpaired) electrons. The molecule has 2 saturated heterocycles. The zero-order valence-corrected chi connectivity index (χ0v) is 22.5. The lowest BCUT2D eigenvalue weighted by atomic mass is 10.0. The van der Waals surface area contributed by atoms with Crippen molar-refractivity contribution in [2.75, 3.05) is 36.4 Å². The molecule has 2 atom stereocenters. The first-order valence-electron chi connectivity index (χ1n) is 13.1. The number of hydrogen-bond donors (Lipinski definition) is 1. The molecule has 0 bridgehead atoms. The number of nitrogens with one attached hydrogen (secondary N) is 1. The van der Waals surface area contributed by atoms with E-state index in [0.29, 0.717) is 55.3 Å². The molecule has 2 aliphatic heterocycles. The zero-order chi connectivity index (χ0) is 27.9. The van der Waals surface area contributed by atoms with E-state index in [0.717, 1.165) is 18.6 Å². The van der Waals surface area contributed by atoms with Gasteiger partial charge in [0, 0.05) is 44.0 Å². The summed E-state index contributed by atoms with van der Waals surface area (Å²) in [5.41, 5.74) is 0.570. The molecule has 3 aromatic rings. The lowest BCUT2D eigenvalue weighted by Gasteiger charge is -2.40. The van der Waals surface area contributed by atoms with Crippen LogP contribution in [0.4, 0.5) is 29.9 Å². The Bertz CT molecular complexity index is 1390. The summed E-state index contributed by atoms with van der Waals surface area (Å²) in [5, 5.41) is 7.19. The van der Waals surface area contributed by atoms with Gasteiger partial charge in [0.1, 0.15) is 28.7 Å². The molecule has 12 heteroatoms. The van der Waals surface area contributed by atoms with Crippen molar-refractivity contribution < 1.29 is 23.1 Å². The van der Waals surface area contributed by atoms with Crippen molar-refractivity contribution in [1.29, 1.82) is 0 Å². The van der Waals surface area contributed by atoms with Crippen molar-refractivity contribution in [2.45, 2.75) is 58.2 Å². The van der Waals surface area contributed by atoms with E-state index in [1.807, 2.05) is 32.6 Å². The van der Waals surface area contributed by atoms with E-state index in [4.69, 9.17) is 9.72 Å². The maximum atomic E-state index is 14.6. The number of anilines is 2. The molecule has 0 spiro atoms. The van der Waals surface area contributed by atoms with Crippen molar-refractivity contribution in [3.05, 3.63) is 53.9 Å². The molecular formula is C27H33F2N7O3. The van der Waals surface area contributed by atoms with Gasteiger partial charge in [0.15, 0.2) is 5.65 Å². The topological polar surface area (TPSA) is 95.3 Å². The number of benzene rings is 1. The summed E-state index contributed by atoms with van der Waals surface area (Å²) < 4.78 is 35.5. The van der Waals surface area contributed by atoms with E-state index in [1.54, 1.807) is 26.6 Å². The van der Waals surface area contributed by atoms with Crippen LogP contribution < -0.4 is 10.2 Å². The Morgan fingerprint density at radius 1 is 1.13 bits per heavy atom. The number of carbonyl (C=O) groups is 2. The predicted molar refractivity (Wildman–Crippen MR) is 142 cm³/mol. The van der Waals surface area contributed by atoms with Gasteiger partial charge in [-0.25, -0.2) is 27.9 Å². The van der Waals surface area contributed by atoms with Gasteiger partial charge in [-0.3, -0.25) is 0 Å². The molecule has 0 aliphatic carbocycles. The lowest BCUT2D eigenvalue weighted by molar-refractivity contribution is 0.00589. The van der Waals surface area contributed by atoms with Crippen molar-refractivity contribution in [2.24, 2.45) is 0 Å². The summed E-state index contributed by atoms with van der Waals surface area (Å²) in [6, 6.07) is 4.39. The number of rotatable bonds is 3. The van der Waals surface area contributed by atoms with Gasteiger partial charge in [0.2, 0.25) is 0 Å². The summed E-state index contributed by atoms with van der Waals surface area (Å²) in [6.07, 6.45) is 4.34. The second-order valence-corrected chi connectivity index (χ2v) is 11.0. The Morgan fingerprint density at radius 3 is 2.67 bits per heavy atom. The molecule has 208 valence electrons. The maximum absolute atomic E-state index is 14.6. The van der Waals surface area contributed by atoms with Crippen LogP contribution in [0.1, 0.15) is 52.1 Å². The lowest BCUT2D eigenvalue weighted by Crippen LogP contribution is -2.57. The van der Waals surface area contributed by atoms with Crippen LogP contribution in [0.2, 0.25) is 0 Å². The number of piperazine rings is 1. The molecule has 2 aromatic heterocycles. The Balaban J connectivity index is 1.30. The summed E-state index contributed by atoms with van der Waals surface area (Å²) in [7, 11) is 0. The fourth-order valence-electron chi connectivity index (χ4n) is 5.17. The average Bonchev–Trinajstić information content (AvgIpc) is 3.51. The molecule has 0 unspecified atom stereocenters. The third-order valence-corrected chi connectivity index (χ3v) is 7.00. The number of amides is 3. The second-order valence-electron chi connectivity index (χ2n) is 11.0. The minimum Gasteiger partial charge on any atom is -0.444 e. The molecule has 3 amide bonds. The second kappa shape index (κ2) is 10.3. The number of fused-ring (bicyclic) bond motifs is 1. The fourth-order valence-corrected chi connectivity index (χ4v) is 5.17. The zero-order valence-electron chi connectivity index (χ0n) is 22.5. The smallest absolute Gasteiger partial charge is 0.410 e. The molecule has 39 heavy (non-hydrogen) atoms. The van der Waals surface area contributed by atoms with Crippen molar-refractivity contribution in [3.63, 3.8) is 0 Å². The van der Waals surface area contributed by atoms with Crippen LogP contribution in [0.5, 0.6) is 0 Å². The first-order valence-corrected chi connectivity index (χ1v) is 13.1. The Hall–Kier alpha value is -3.96. The fraction of sp³-hybridized carbons (Fsp3) is 0.481. The van der Waals surface area contributed by atoms with E-state index in [9.17, 15) is 18.4 Å². The van der Waals surface area contributed by atoms with Crippen LogP contribution in [-0.4, -0.2) is 74.3 Å². The highest BCUT2D eigenvalue weighted by molar-refractivity contribution is 5.93. The number of ether oxygens (including phenoxy) is 1. The standard InChI is InChI=1S/C27H33F2N7O3/c1-17-16-33(12-13-34(17)26(38)39-27(2,3)4)25(37)31-21-15-30-36-11-9-23(32-24(21)36)35-10-5-6-22(35)19-14-18(28)7-8-20(19)29/h7-9,11,14-15,17,22H,5-6,10,12-13,16H2,1-4H3,(H,31,37)/t17-,22+/m0/s1. The van der Waals surface area contributed by atoms with Crippen molar-refractivity contribution >= 4 is 29.3 Å². The minimum absolute atomic E-state index is 0.219. The van der Waals surface area contributed by atoms with Crippen LogP contribution >= 0.6 is 0 Å². The summed E-state index contributed by atoms with van der Waals surface area (Å²) in [6.45, 7) is 9.02. The number of hydrogen-bond acceptors (Lipinski definition) is 6. The van der Waals surface area contributed by atoms with Crippen LogP contribution in [-0.2, 0) is 4.74 Å². The first kappa shape index (κ1) is 26.6. The van der Waals surface area contributed by atoms with Gasteiger partial charge in [-0.15, -0.1) is 0 Å². The predicted octanol–water partition coefficient (Wildman–Crippen LogP) is 4.82. The molecule has 1 aromatic carbocycles. The highest BCUT2D eigenvalue weighted by Gasteiger charge is 2.33. The quantitative estimate of drug-likeness (QED) is 0.511. The molecule has 2 fully saturated rings. The van der Waals surface area contributed by atoms with Crippen LogP contribution in [0, 0.1) is 11.6 Å². The van der Waals surface area contributed by atoms with Gasteiger partial charge in [0.25, 0.3) is 0 Å². The largest absolute Gasteiger partial charge is 0.444 e. The number of carbonyl (C=O) groups excluding carboxylic acids is 2.